The molecule has 1 aromatic carbocycles. The number of alkyl halides is 6. The van der Waals surface area contributed by atoms with E-state index in [4.69, 9.17) is 15.2 Å². The molecule has 0 fully saturated rings. The second kappa shape index (κ2) is 9.68. The summed E-state index contributed by atoms with van der Waals surface area (Å²) in [5.41, 5.74) is -2.20. The highest BCUT2D eigenvalue weighted by Crippen LogP contribution is 2.47. The third-order valence-electron chi connectivity index (χ3n) is 5.55. The molecule has 8 nitrogen and oxygen atoms in total. The zero-order valence-electron chi connectivity index (χ0n) is 19.4. The molecule has 1 atom stereocenters. The largest absolute Gasteiger partial charge is 0.474 e. The number of rotatable bonds is 2. The topological polar surface area (TPSA) is 107 Å². The average Bonchev–Trinajstić information content (AvgIpc) is 2.83. The van der Waals surface area contributed by atoms with Crippen molar-refractivity contribution in [3.05, 3.63) is 29.1 Å². The quantitative estimate of drug-likeness (QED) is 0.323. The van der Waals surface area contributed by atoms with Crippen molar-refractivity contribution >= 4 is 22.4 Å². The standard InChI is InChI=1S/C22H21F7N6O2/c1-9-3-4-31-5-6-32-18-13-17(34-20(35-18)36-2)15(23)16(33-19(13)37-9)11-7-10(30)8-12(21(24,25)26)14(11)22(27,28)29/h7-9,31H,3-6,30H2,1-2H3,(H,32,34,35). The normalized spacial score (nSPS) is 17.1. The highest BCUT2D eigenvalue weighted by Gasteiger charge is 2.46. The summed E-state index contributed by atoms with van der Waals surface area (Å²) in [5.74, 6) is -1.78. The zero-order chi connectivity index (χ0) is 27.1. The van der Waals surface area contributed by atoms with Crippen LogP contribution in [0.4, 0.5) is 42.2 Å². The van der Waals surface area contributed by atoms with E-state index in [1.54, 1.807) is 6.92 Å². The molecule has 37 heavy (non-hydrogen) atoms. The Morgan fingerprint density at radius 1 is 1.03 bits per heavy atom. The molecule has 3 heterocycles. The number of hydrogen-bond donors (Lipinski definition) is 3. The van der Waals surface area contributed by atoms with Gasteiger partial charge in [-0.2, -0.15) is 36.3 Å². The minimum atomic E-state index is -5.54. The summed E-state index contributed by atoms with van der Waals surface area (Å²) in [6.07, 6.45) is -11.1. The summed E-state index contributed by atoms with van der Waals surface area (Å²) in [6.45, 7) is 2.96. The number of hydrogen-bond acceptors (Lipinski definition) is 8. The van der Waals surface area contributed by atoms with Crippen LogP contribution in [0.2, 0.25) is 0 Å². The summed E-state index contributed by atoms with van der Waals surface area (Å²) < 4.78 is 110. The maximum absolute atomic E-state index is 15.9. The first kappa shape index (κ1) is 26.4. The van der Waals surface area contributed by atoms with Crippen molar-refractivity contribution in [3.63, 3.8) is 0 Å². The van der Waals surface area contributed by atoms with Gasteiger partial charge in [-0.15, -0.1) is 0 Å². The number of nitrogen functional groups attached to an aromatic ring is 1. The lowest BCUT2D eigenvalue weighted by Gasteiger charge is -2.22. The van der Waals surface area contributed by atoms with Gasteiger partial charge >= 0.3 is 18.4 Å². The number of nitrogens with zero attached hydrogens (tertiary/aromatic N) is 3. The molecular formula is C22H21F7N6O2. The summed E-state index contributed by atoms with van der Waals surface area (Å²) in [5, 5.41) is 5.98. The number of benzene rings is 1. The number of anilines is 2. The lowest BCUT2D eigenvalue weighted by Crippen LogP contribution is -2.26. The summed E-state index contributed by atoms with van der Waals surface area (Å²) in [7, 11) is 1.19. The first-order valence-corrected chi connectivity index (χ1v) is 11.0. The number of nitrogens with one attached hydrogen (secondary N) is 2. The number of aromatic nitrogens is 3. The summed E-state index contributed by atoms with van der Waals surface area (Å²) in [4.78, 5) is 12.0. The predicted molar refractivity (Wildman–Crippen MR) is 120 cm³/mol. The number of pyridine rings is 1. The molecular weight excluding hydrogens is 513 g/mol. The second-order valence-electron chi connectivity index (χ2n) is 8.24. The van der Waals surface area contributed by atoms with E-state index in [-0.39, 0.29) is 29.2 Å². The monoisotopic (exact) mass is 534 g/mol. The minimum Gasteiger partial charge on any atom is -0.474 e. The highest BCUT2D eigenvalue weighted by molar-refractivity contribution is 5.96. The van der Waals surface area contributed by atoms with Crippen LogP contribution in [0.15, 0.2) is 12.1 Å². The molecule has 0 saturated carbocycles. The Morgan fingerprint density at radius 3 is 2.41 bits per heavy atom. The van der Waals surface area contributed by atoms with Gasteiger partial charge in [0.15, 0.2) is 5.82 Å². The number of halogens is 7. The Kier molecular flexibility index (Phi) is 6.92. The minimum absolute atomic E-state index is 0.0188. The van der Waals surface area contributed by atoms with E-state index in [0.29, 0.717) is 32.1 Å². The van der Waals surface area contributed by atoms with Gasteiger partial charge in [-0.3, -0.25) is 0 Å². The lowest BCUT2D eigenvalue weighted by atomic mass is 9.95. The van der Waals surface area contributed by atoms with E-state index < -0.39 is 57.9 Å². The molecule has 1 aliphatic heterocycles. The maximum atomic E-state index is 15.9. The third-order valence-corrected chi connectivity index (χ3v) is 5.55. The molecule has 1 unspecified atom stereocenters. The SMILES string of the molecule is COc1nc2c3c(nc(-c4cc(N)cc(C(F)(F)F)c4C(F)(F)F)c(F)c3n1)OC(C)CCNCCN2. The van der Waals surface area contributed by atoms with Crippen LogP contribution in [0, 0.1) is 5.82 Å². The van der Waals surface area contributed by atoms with Gasteiger partial charge in [-0.1, -0.05) is 0 Å². The van der Waals surface area contributed by atoms with Crippen LogP contribution in [-0.4, -0.2) is 47.8 Å². The van der Waals surface area contributed by atoms with Crippen LogP contribution in [-0.2, 0) is 12.4 Å². The highest BCUT2D eigenvalue weighted by atomic mass is 19.4. The Balaban J connectivity index is 2.12. The van der Waals surface area contributed by atoms with E-state index in [0.717, 1.165) is 0 Å². The number of ether oxygens (including phenoxy) is 2. The smallest absolute Gasteiger partial charge is 0.417 e. The van der Waals surface area contributed by atoms with Crippen molar-refractivity contribution < 1.29 is 40.2 Å². The van der Waals surface area contributed by atoms with Crippen LogP contribution >= 0.6 is 0 Å². The molecule has 0 amide bonds. The maximum Gasteiger partial charge on any atom is 0.417 e. The Labute approximate surface area is 205 Å². The molecule has 0 bridgehead atoms. The molecule has 0 radical (unpaired) electrons. The molecule has 0 saturated heterocycles. The van der Waals surface area contributed by atoms with Crippen LogP contribution < -0.4 is 25.8 Å². The molecule has 0 aliphatic carbocycles. The summed E-state index contributed by atoms with van der Waals surface area (Å²) in [6, 6.07) is 0.381. The lowest BCUT2D eigenvalue weighted by molar-refractivity contribution is -0.161. The predicted octanol–water partition coefficient (Wildman–Crippen LogP) is 4.63. The van der Waals surface area contributed by atoms with Gasteiger partial charge in [0.1, 0.15) is 22.4 Å². The first-order chi connectivity index (χ1) is 17.3. The van der Waals surface area contributed by atoms with Gasteiger partial charge in [-0.05, 0) is 32.0 Å². The van der Waals surface area contributed by atoms with Crippen LogP contribution in [0.5, 0.6) is 11.9 Å². The van der Waals surface area contributed by atoms with Gasteiger partial charge < -0.3 is 25.8 Å². The van der Waals surface area contributed by atoms with Crippen molar-refractivity contribution in [2.75, 3.05) is 37.8 Å². The van der Waals surface area contributed by atoms with E-state index in [1.807, 2.05) is 0 Å². The van der Waals surface area contributed by atoms with Crippen LogP contribution in [0.3, 0.4) is 0 Å². The zero-order valence-corrected chi connectivity index (χ0v) is 19.4. The average molecular weight is 534 g/mol. The van der Waals surface area contributed by atoms with Gasteiger partial charge in [0.25, 0.3) is 0 Å². The fourth-order valence-corrected chi connectivity index (χ4v) is 3.93. The second-order valence-corrected chi connectivity index (χ2v) is 8.24. The van der Waals surface area contributed by atoms with E-state index >= 15 is 4.39 Å². The van der Waals surface area contributed by atoms with Crippen LogP contribution in [0.25, 0.3) is 22.2 Å². The molecule has 2 aromatic heterocycles. The van der Waals surface area contributed by atoms with E-state index in [1.165, 1.54) is 7.11 Å². The van der Waals surface area contributed by atoms with E-state index in [9.17, 15) is 26.3 Å². The molecule has 0 spiro atoms. The molecule has 4 N–H and O–H groups in total. The molecule has 200 valence electrons. The molecule has 3 aromatic rings. The Morgan fingerprint density at radius 2 is 1.76 bits per heavy atom. The number of nitrogens with two attached hydrogens (primary N) is 1. The third kappa shape index (κ3) is 5.26. The summed E-state index contributed by atoms with van der Waals surface area (Å²) >= 11 is 0. The van der Waals surface area contributed by atoms with Crippen molar-refractivity contribution in [1.29, 1.82) is 0 Å². The van der Waals surface area contributed by atoms with Crippen molar-refractivity contribution in [3.8, 4) is 23.1 Å². The Bertz CT molecular complexity index is 1330. The Hall–Kier alpha value is -3.62. The first-order valence-electron chi connectivity index (χ1n) is 11.0. The van der Waals surface area contributed by atoms with Gasteiger partial charge in [0, 0.05) is 24.3 Å². The molecule has 15 heteroatoms. The van der Waals surface area contributed by atoms with Crippen molar-refractivity contribution in [2.24, 2.45) is 0 Å². The van der Waals surface area contributed by atoms with Crippen molar-refractivity contribution in [1.82, 2.24) is 20.3 Å². The van der Waals surface area contributed by atoms with E-state index in [2.05, 4.69) is 25.6 Å². The molecule has 1 aliphatic rings. The molecule has 4 rings (SSSR count). The van der Waals surface area contributed by atoms with Gasteiger partial charge in [0.05, 0.1) is 24.3 Å². The fraction of sp³-hybridized carbons (Fsp3) is 0.409. The fourth-order valence-electron chi connectivity index (χ4n) is 3.93. The van der Waals surface area contributed by atoms with Gasteiger partial charge in [-0.25, -0.2) is 9.37 Å². The number of methoxy groups -OCH3 is 1. The van der Waals surface area contributed by atoms with Crippen LogP contribution in [0.1, 0.15) is 24.5 Å². The van der Waals surface area contributed by atoms with Gasteiger partial charge in [0.2, 0.25) is 5.88 Å². The van der Waals surface area contributed by atoms with Crippen molar-refractivity contribution in [2.45, 2.75) is 31.8 Å².